The van der Waals surface area contributed by atoms with E-state index in [1.807, 2.05) is 42.5 Å². The van der Waals surface area contributed by atoms with Gasteiger partial charge in [0.05, 0.1) is 25.1 Å². The normalized spacial score (nSPS) is 15.6. The summed E-state index contributed by atoms with van der Waals surface area (Å²) in [5, 5.41) is 3.97. The van der Waals surface area contributed by atoms with Gasteiger partial charge in [-0.3, -0.25) is 4.98 Å². The van der Waals surface area contributed by atoms with Crippen molar-refractivity contribution in [2.45, 2.75) is 12.9 Å². The maximum Gasteiger partial charge on any atom is 0.186 e. The van der Waals surface area contributed by atoms with Crippen molar-refractivity contribution in [2.24, 2.45) is 5.16 Å². The fourth-order valence-corrected chi connectivity index (χ4v) is 2.05. The Morgan fingerprint density at radius 3 is 2.76 bits per heavy atom. The third kappa shape index (κ3) is 3.65. The van der Waals surface area contributed by atoms with Crippen LogP contribution in [0, 0.1) is 0 Å². The number of hydrogen-bond donors (Lipinski definition) is 0. The lowest BCUT2D eigenvalue weighted by Crippen LogP contribution is -2.04. The van der Waals surface area contributed by atoms with Gasteiger partial charge in [0.2, 0.25) is 0 Å². The molecule has 108 valence electrons. The summed E-state index contributed by atoms with van der Waals surface area (Å²) in [6.07, 6.45) is 2.93. The Morgan fingerprint density at radius 2 is 1.95 bits per heavy atom. The molecular weight excluding hydrogens is 268 g/mol. The zero-order chi connectivity index (χ0) is 14.3. The molecule has 1 fully saturated rings. The summed E-state index contributed by atoms with van der Waals surface area (Å²) in [4.78, 5) is 9.57. The summed E-state index contributed by atoms with van der Waals surface area (Å²) in [6.45, 7) is 1.62. The molecule has 0 saturated carbocycles. The van der Waals surface area contributed by atoms with Crippen LogP contribution in [0.2, 0.25) is 0 Å². The zero-order valence-corrected chi connectivity index (χ0v) is 11.5. The molecule has 0 unspecified atom stereocenters. The highest BCUT2D eigenvalue weighted by Gasteiger charge is 2.21. The molecule has 1 aliphatic heterocycles. The zero-order valence-electron chi connectivity index (χ0n) is 11.5. The molecule has 0 amide bonds. The van der Waals surface area contributed by atoms with Crippen LogP contribution in [0.25, 0.3) is 0 Å². The molecule has 5 heteroatoms. The largest absolute Gasteiger partial charge is 0.391 e. The Kier molecular flexibility index (Phi) is 4.55. The third-order valence-corrected chi connectivity index (χ3v) is 3.07. The van der Waals surface area contributed by atoms with E-state index in [1.54, 1.807) is 12.4 Å². The molecule has 0 radical (unpaired) electrons. The van der Waals surface area contributed by atoms with Gasteiger partial charge in [0.25, 0.3) is 0 Å². The average molecular weight is 284 g/mol. The Hall–Kier alpha value is -2.24. The fraction of sp³-hybridized carbons (Fsp3) is 0.250. The summed E-state index contributed by atoms with van der Waals surface area (Å²) in [5.41, 5.74) is 2.62. The highest BCUT2D eigenvalue weighted by Crippen LogP contribution is 2.24. The van der Waals surface area contributed by atoms with Gasteiger partial charge in [0.1, 0.15) is 6.61 Å². The van der Waals surface area contributed by atoms with Crippen molar-refractivity contribution < 1.29 is 14.3 Å². The number of ether oxygens (including phenoxy) is 2. The van der Waals surface area contributed by atoms with E-state index in [0.717, 1.165) is 11.1 Å². The van der Waals surface area contributed by atoms with Gasteiger partial charge in [-0.25, -0.2) is 0 Å². The van der Waals surface area contributed by atoms with Crippen molar-refractivity contribution >= 4 is 6.21 Å². The molecule has 1 aromatic heterocycles. The first-order chi connectivity index (χ1) is 10.4. The molecular formula is C16H16N2O3. The SMILES string of the molecule is C(=N\OCc1ccccc1)/c1ncccc1C1OCCO1. The average Bonchev–Trinajstić information content (AvgIpc) is 3.07. The van der Waals surface area contributed by atoms with Gasteiger partial charge >= 0.3 is 0 Å². The molecule has 5 nitrogen and oxygen atoms in total. The van der Waals surface area contributed by atoms with E-state index < -0.39 is 0 Å². The predicted octanol–water partition coefficient (Wildman–Crippen LogP) is 2.68. The van der Waals surface area contributed by atoms with Gasteiger partial charge in [0.15, 0.2) is 6.29 Å². The van der Waals surface area contributed by atoms with Crippen LogP contribution in [0.15, 0.2) is 53.8 Å². The van der Waals surface area contributed by atoms with Crippen LogP contribution >= 0.6 is 0 Å². The van der Waals surface area contributed by atoms with Crippen LogP contribution in [0.4, 0.5) is 0 Å². The quantitative estimate of drug-likeness (QED) is 0.625. The number of oxime groups is 1. The molecule has 1 aromatic carbocycles. The molecule has 0 aliphatic carbocycles. The molecule has 2 heterocycles. The van der Waals surface area contributed by atoms with Crippen molar-refractivity contribution in [1.82, 2.24) is 4.98 Å². The minimum Gasteiger partial charge on any atom is -0.391 e. The summed E-state index contributed by atoms with van der Waals surface area (Å²) < 4.78 is 11.0. The number of rotatable bonds is 5. The van der Waals surface area contributed by atoms with E-state index in [9.17, 15) is 0 Å². The van der Waals surface area contributed by atoms with Gasteiger partial charge in [-0.05, 0) is 11.6 Å². The topological polar surface area (TPSA) is 52.9 Å². The number of pyridine rings is 1. The molecule has 1 aliphatic rings. The first-order valence-corrected chi connectivity index (χ1v) is 6.81. The Balaban J connectivity index is 1.63. The van der Waals surface area contributed by atoms with Crippen molar-refractivity contribution in [3.05, 3.63) is 65.5 Å². The van der Waals surface area contributed by atoms with E-state index in [-0.39, 0.29) is 6.29 Å². The number of benzene rings is 1. The third-order valence-electron chi connectivity index (χ3n) is 3.07. The molecule has 0 atom stereocenters. The van der Waals surface area contributed by atoms with Gasteiger partial charge in [-0.2, -0.15) is 0 Å². The van der Waals surface area contributed by atoms with E-state index in [4.69, 9.17) is 14.3 Å². The van der Waals surface area contributed by atoms with Crippen LogP contribution in [0.1, 0.15) is 23.1 Å². The summed E-state index contributed by atoms with van der Waals surface area (Å²) in [7, 11) is 0. The lowest BCUT2D eigenvalue weighted by molar-refractivity contribution is -0.0444. The van der Waals surface area contributed by atoms with E-state index >= 15 is 0 Å². The molecule has 2 aromatic rings. The highest BCUT2D eigenvalue weighted by molar-refractivity contribution is 5.78. The second-order valence-electron chi connectivity index (χ2n) is 4.54. The Morgan fingerprint density at radius 1 is 1.14 bits per heavy atom. The first kappa shape index (κ1) is 13.7. The predicted molar refractivity (Wildman–Crippen MR) is 77.7 cm³/mol. The highest BCUT2D eigenvalue weighted by atomic mass is 16.7. The van der Waals surface area contributed by atoms with Crippen LogP contribution in [0.5, 0.6) is 0 Å². The van der Waals surface area contributed by atoms with Crippen molar-refractivity contribution in [1.29, 1.82) is 0 Å². The Bertz CT molecular complexity index is 595. The standard InChI is InChI=1S/C16H16N2O3/c1-2-5-13(6-3-1)12-21-18-11-15-14(7-4-8-17-15)16-19-9-10-20-16/h1-8,11,16H,9-10,12H2/b18-11+. The van der Waals surface area contributed by atoms with E-state index in [1.165, 1.54) is 0 Å². The van der Waals surface area contributed by atoms with Gasteiger partial charge < -0.3 is 14.3 Å². The minimum absolute atomic E-state index is 0.366. The Labute approximate surface area is 123 Å². The van der Waals surface area contributed by atoms with Crippen molar-refractivity contribution in [3.63, 3.8) is 0 Å². The number of nitrogens with zero attached hydrogens (tertiary/aromatic N) is 2. The lowest BCUT2D eigenvalue weighted by atomic mass is 10.2. The maximum atomic E-state index is 5.49. The van der Waals surface area contributed by atoms with E-state index in [0.29, 0.717) is 25.5 Å². The minimum atomic E-state index is -0.366. The van der Waals surface area contributed by atoms with E-state index in [2.05, 4.69) is 10.1 Å². The van der Waals surface area contributed by atoms with Gasteiger partial charge in [-0.15, -0.1) is 0 Å². The first-order valence-electron chi connectivity index (χ1n) is 6.81. The fourth-order valence-electron chi connectivity index (χ4n) is 2.05. The number of aromatic nitrogens is 1. The van der Waals surface area contributed by atoms with Gasteiger partial charge in [0, 0.05) is 11.8 Å². The molecule has 3 rings (SSSR count). The van der Waals surface area contributed by atoms with Crippen molar-refractivity contribution in [3.8, 4) is 0 Å². The molecule has 21 heavy (non-hydrogen) atoms. The lowest BCUT2D eigenvalue weighted by Gasteiger charge is -2.10. The summed E-state index contributed by atoms with van der Waals surface area (Å²) in [5.74, 6) is 0. The molecule has 0 bridgehead atoms. The summed E-state index contributed by atoms with van der Waals surface area (Å²) in [6, 6.07) is 13.6. The molecule has 1 saturated heterocycles. The van der Waals surface area contributed by atoms with Crippen LogP contribution in [-0.4, -0.2) is 24.4 Å². The van der Waals surface area contributed by atoms with Crippen LogP contribution < -0.4 is 0 Å². The smallest absolute Gasteiger partial charge is 0.186 e. The summed E-state index contributed by atoms with van der Waals surface area (Å²) >= 11 is 0. The second-order valence-corrected chi connectivity index (χ2v) is 4.54. The van der Waals surface area contributed by atoms with Crippen molar-refractivity contribution in [2.75, 3.05) is 13.2 Å². The number of hydrogen-bond acceptors (Lipinski definition) is 5. The van der Waals surface area contributed by atoms with Crippen LogP contribution in [0.3, 0.4) is 0 Å². The molecule has 0 N–H and O–H groups in total. The second kappa shape index (κ2) is 6.97. The maximum absolute atomic E-state index is 5.49. The van der Waals surface area contributed by atoms with Crippen LogP contribution in [-0.2, 0) is 20.9 Å². The van der Waals surface area contributed by atoms with Gasteiger partial charge in [-0.1, -0.05) is 41.6 Å². The monoisotopic (exact) mass is 284 g/mol. The molecule has 0 spiro atoms.